The van der Waals surface area contributed by atoms with E-state index in [1.165, 1.54) is 0 Å². The third-order valence-electron chi connectivity index (χ3n) is 2.21. The highest BCUT2D eigenvalue weighted by molar-refractivity contribution is 6.32. The number of primary amides is 1. The van der Waals surface area contributed by atoms with Crippen LogP contribution in [0.2, 0.25) is 5.15 Å². The van der Waals surface area contributed by atoms with Gasteiger partial charge in [-0.25, -0.2) is 4.98 Å². The minimum atomic E-state index is -0.505. The van der Waals surface area contributed by atoms with Crippen LogP contribution in [0.4, 0.5) is 0 Å². The number of pyridine rings is 1. The largest absolute Gasteiger partial charge is 0.365 e. The van der Waals surface area contributed by atoms with Crippen LogP contribution in [0.15, 0.2) is 6.20 Å². The number of rotatable bonds is 3. The van der Waals surface area contributed by atoms with Crippen molar-refractivity contribution in [2.45, 2.75) is 26.7 Å². The molecule has 14 heavy (non-hydrogen) atoms. The van der Waals surface area contributed by atoms with E-state index in [4.69, 9.17) is 17.3 Å². The van der Waals surface area contributed by atoms with Gasteiger partial charge in [0.05, 0.1) is 5.56 Å². The predicted octanol–water partition coefficient (Wildman–Crippen LogP) is 1.96. The monoisotopic (exact) mass is 212 g/mol. The summed E-state index contributed by atoms with van der Waals surface area (Å²) < 4.78 is 0. The molecule has 1 rings (SSSR count). The van der Waals surface area contributed by atoms with Crippen molar-refractivity contribution in [1.82, 2.24) is 4.98 Å². The summed E-state index contributed by atoms with van der Waals surface area (Å²) >= 11 is 5.82. The van der Waals surface area contributed by atoms with Crippen molar-refractivity contribution < 1.29 is 4.79 Å². The zero-order valence-corrected chi connectivity index (χ0v) is 9.06. The van der Waals surface area contributed by atoms with Gasteiger partial charge < -0.3 is 5.73 Å². The molecule has 1 amide bonds. The Bertz CT molecular complexity index is 363. The molecule has 3 nitrogen and oxygen atoms in total. The molecule has 0 aliphatic carbocycles. The Morgan fingerprint density at radius 2 is 2.14 bits per heavy atom. The van der Waals surface area contributed by atoms with Gasteiger partial charge in [-0.2, -0.15) is 0 Å². The molecular formula is C10H13ClN2O. The van der Waals surface area contributed by atoms with Gasteiger partial charge in [0.1, 0.15) is 5.15 Å². The third-order valence-corrected chi connectivity index (χ3v) is 2.50. The summed E-state index contributed by atoms with van der Waals surface area (Å²) in [5.74, 6) is -0.505. The van der Waals surface area contributed by atoms with Gasteiger partial charge in [0.25, 0.3) is 5.91 Å². The second-order valence-corrected chi connectivity index (χ2v) is 3.36. The molecule has 1 aromatic heterocycles. The molecule has 0 bridgehead atoms. The van der Waals surface area contributed by atoms with Gasteiger partial charge in [0.2, 0.25) is 0 Å². The second kappa shape index (κ2) is 4.42. The van der Waals surface area contributed by atoms with E-state index in [2.05, 4.69) is 4.98 Å². The molecule has 2 N–H and O–H groups in total. The van der Waals surface area contributed by atoms with Crippen molar-refractivity contribution >= 4 is 17.5 Å². The van der Waals surface area contributed by atoms with E-state index in [1.807, 2.05) is 13.8 Å². The Balaban J connectivity index is 3.42. The first-order valence-corrected chi connectivity index (χ1v) is 4.95. The smallest absolute Gasteiger partial charge is 0.252 e. The maximum Gasteiger partial charge on any atom is 0.252 e. The Morgan fingerprint density at radius 1 is 1.50 bits per heavy atom. The fraction of sp³-hybridized carbons (Fsp3) is 0.400. The molecule has 0 saturated heterocycles. The van der Waals surface area contributed by atoms with Crippen LogP contribution in [0, 0.1) is 0 Å². The lowest BCUT2D eigenvalue weighted by Gasteiger charge is -2.10. The van der Waals surface area contributed by atoms with Gasteiger partial charge in [-0.05, 0) is 24.0 Å². The summed E-state index contributed by atoms with van der Waals surface area (Å²) in [6.07, 6.45) is 3.27. The number of aromatic nitrogens is 1. The molecule has 0 spiro atoms. The van der Waals surface area contributed by atoms with Crippen LogP contribution in [0.25, 0.3) is 0 Å². The number of nitrogens with two attached hydrogens (primary N) is 1. The van der Waals surface area contributed by atoms with Crippen LogP contribution in [-0.4, -0.2) is 10.9 Å². The topological polar surface area (TPSA) is 56.0 Å². The average Bonchev–Trinajstić information content (AvgIpc) is 2.16. The number of aryl methyl sites for hydroxylation is 1. The fourth-order valence-electron chi connectivity index (χ4n) is 1.52. The number of halogens is 1. The lowest BCUT2D eigenvalue weighted by molar-refractivity contribution is 0.0999. The highest BCUT2D eigenvalue weighted by Gasteiger charge is 2.15. The maximum atomic E-state index is 11.2. The molecule has 0 fully saturated rings. The molecule has 0 unspecified atom stereocenters. The van der Waals surface area contributed by atoms with Gasteiger partial charge in [-0.3, -0.25) is 4.79 Å². The second-order valence-electron chi connectivity index (χ2n) is 3.00. The van der Waals surface area contributed by atoms with E-state index in [1.54, 1.807) is 6.20 Å². The number of amides is 1. The minimum absolute atomic E-state index is 0.201. The molecule has 1 heterocycles. The molecule has 0 aliphatic heterocycles. The van der Waals surface area contributed by atoms with Gasteiger partial charge >= 0.3 is 0 Å². The van der Waals surface area contributed by atoms with Crippen molar-refractivity contribution in [3.63, 3.8) is 0 Å². The van der Waals surface area contributed by atoms with Crippen molar-refractivity contribution in [2.24, 2.45) is 5.73 Å². The fourth-order valence-corrected chi connectivity index (χ4v) is 1.78. The lowest BCUT2D eigenvalue weighted by atomic mass is 10.00. The number of nitrogens with zero attached hydrogens (tertiary/aromatic N) is 1. The Hall–Kier alpha value is -1.09. The van der Waals surface area contributed by atoms with Gasteiger partial charge in [-0.15, -0.1) is 0 Å². The summed E-state index contributed by atoms with van der Waals surface area (Å²) in [6, 6.07) is 0. The van der Waals surface area contributed by atoms with Crippen molar-refractivity contribution in [1.29, 1.82) is 0 Å². The highest BCUT2D eigenvalue weighted by Crippen LogP contribution is 2.21. The van der Waals surface area contributed by atoms with Crippen LogP contribution in [0.1, 0.15) is 35.3 Å². The molecule has 4 heteroatoms. The van der Waals surface area contributed by atoms with Crippen molar-refractivity contribution in [3.8, 4) is 0 Å². The third kappa shape index (κ3) is 1.87. The summed E-state index contributed by atoms with van der Waals surface area (Å²) in [6.45, 7) is 3.98. The van der Waals surface area contributed by atoms with E-state index in [-0.39, 0.29) is 5.15 Å². The van der Waals surface area contributed by atoms with Crippen LogP contribution >= 0.6 is 11.6 Å². The van der Waals surface area contributed by atoms with Gasteiger partial charge in [-0.1, -0.05) is 25.4 Å². The zero-order chi connectivity index (χ0) is 10.7. The van der Waals surface area contributed by atoms with Gasteiger partial charge in [0.15, 0.2) is 0 Å². The first kappa shape index (κ1) is 11.0. The summed E-state index contributed by atoms with van der Waals surface area (Å²) in [5, 5.41) is 0.201. The predicted molar refractivity (Wildman–Crippen MR) is 56.5 cm³/mol. The molecule has 0 atom stereocenters. The number of carbonyl (C=O) groups is 1. The molecule has 0 aromatic carbocycles. The van der Waals surface area contributed by atoms with E-state index in [0.29, 0.717) is 5.56 Å². The number of hydrogen-bond acceptors (Lipinski definition) is 2. The average molecular weight is 213 g/mol. The Morgan fingerprint density at radius 3 is 2.57 bits per heavy atom. The first-order valence-electron chi connectivity index (χ1n) is 4.57. The first-order chi connectivity index (χ1) is 6.61. The molecule has 76 valence electrons. The van der Waals surface area contributed by atoms with E-state index >= 15 is 0 Å². The summed E-state index contributed by atoms with van der Waals surface area (Å²) in [7, 11) is 0. The maximum absolute atomic E-state index is 11.2. The summed E-state index contributed by atoms with van der Waals surface area (Å²) in [4.78, 5) is 15.1. The SMILES string of the molecule is CCc1cnc(Cl)c(C(N)=O)c1CC. The number of carbonyl (C=O) groups excluding carboxylic acids is 1. The highest BCUT2D eigenvalue weighted by atomic mass is 35.5. The molecule has 0 saturated carbocycles. The van der Waals surface area contributed by atoms with E-state index in [9.17, 15) is 4.79 Å². The van der Waals surface area contributed by atoms with E-state index < -0.39 is 5.91 Å². The van der Waals surface area contributed by atoms with Crippen LogP contribution in [0.3, 0.4) is 0 Å². The van der Waals surface area contributed by atoms with Crippen molar-refractivity contribution in [2.75, 3.05) is 0 Å². The molecular weight excluding hydrogens is 200 g/mol. The lowest BCUT2D eigenvalue weighted by Crippen LogP contribution is -2.16. The van der Waals surface area contributed by atoms with Gasteiger partial charge in [0, 0.05) is 6.20 Å². The van der Waals surface area contributed by atoms with Crippen molar-refractivity contribution in [3.05, 3.63) is 28.0 Å². The van der Waals surface area contributed by atoms with Crippen LogP contribution in [0.5, 0.6) is 0 Å². The summed E-state index contributed by atoms with van der Waals surface area (Å²) in [5.41, 5.74) is 7.57. The molecule has 0 aliphatic rings. The Labute approximate surface area is 88.3 Å². The van der Waals surface area contributed by atoms with E-state index in [0.717, 1.165) is 24.0 Å². The molecule has 0 radical (unpaired) electrons. The normalized spacial score (nSPS) is 10.2. The number of hydrogen-bond donors (Lipinski definition) is 1. The standard InChI is InChI=1S/C10H13ClN2O/c1-3-6-5-13-9(11)8(10(12)14)7(6)4-2/h5H,3-4H2,1-2H3,(H2,12,14). The van der Waals surface area contributed by atoms with Crippen LogP contribution < -0.4 is 5.73 Å². The Kier molecular flexibility index (Phi) is 3.47. The van der Waals surface area contributed by atoms with Crippen LogP contribution in [-0.2, 0) is 12.8 Å². The zero-order valence-electron chi connectivity index (χ0n) is 8.30. The quantitative estimate of drug-likeness (QED) is 0.779. The minimum Gasteiger partial charge on any atom is -0.365 e. The molecule has 1 aromatic rings.